The fourth-order valence-electron chi connectivity index (χ4n) is 4.91. The second kappa shape index (κ2) is 7.68. The Bertz CT molecular complexity index is 971. The Morgan fingerprint density at radius 1 is 1.20 bits per heavy atom. The summed E-state index contributed by atoms with van der Waals surface area (Å²) in [6, 6.07) is 5.26. The highest BCUT2D eigenvalue weighted by Crippen LogP contribution is 2.46. The van der Waals surface area contributed by atoms with E-state index in [1.807, 2.05) is 0 Å². The summed E-state index contributed by atoms with van der Waals surface area (Å²) in [5.41, 5.74) is -0.641. The summed E-state index contributed by atoms with van der Waals surface area (Å²) in [5, 5.41) is 5.46. The molecule has 1 aliphatic carbocycles. The van der Waals surface area contributed by atoms with Crippen molar-refractivity contribution in [2.45, 2.75) is 57.4 Å². The number of rotatable bonds is 5. The van der Waals surface area contributed by atoms with Crippen molar-refractivity contribution in [3.8, 4) is 0 Å². The molecule has 164 valence electrons. The molecule has 1 heterocycles. The van der Waals surface area contributed by atoms with Crippen molar-refractivity contribution >= 4 is 33.4 Å². The number of amides is 4. The van der Waals surface area contributed by atoms with E-state index < -0.39 is 33.9 Å². The van der Waals surface area contributed by atoms with Gasteiger partial charge in [0.1, 0.15) is 12.1 Å². The average Bonchev–Trinajstić information content (AvgIpc) is 2.83. The summed E-state index contributed by atoms with van der Waals surface area (Å²) < 4.78 is 23.8. The first-order chi connectivity index (χ1) is 13.9. The first kappa shape index (κ1) is 22.3. The summed E-state index contributed by atoms with van der Waals surface area (Å²) in [4.78, 5) is 39.2. The van der Waals surface area contributed by atoms with E-state index >= 15 is 0 Å². The molecule has 3 rings (SSSR count). The number of imide groups is 1. The molecule has 1 aromatic carbocycles. The predicted octanol–water partition coefficient (Wildman–Crippen LogP) is 2.56. The number of carbonyl (C=O) groups is 3. The maximum atomic E-state index is 13.1. The molecule has 2 N–H and O–H groups in total. The van der Waals surface area contributed by atoms with Crippen LogP contribution in [0.3, 0.4) is 0 Å². The highest BCUT2D eigenvalue weighted by atomic mass is 32.2. The standard InChI is InChI=1S/C21H29N3O5S/c1-5-30(28,29)16-8-6-15(7-9-16)22-17(25)12-24-18(26)21(23-19(24)27)11-14(2)10-20(3,4)13-21/h6-9,14H,5,10-13H2,1-4H3,(H,22,25)(H,23,27)/t14-,21-/m0/s1. The fraction of sp³-hybridized carbons (Fsp3) is 0.571. The summed E-state index contributed by atoms with van der Waals surface area (Å²) in [6.45, 7) is 7.41. The number of nitrogens with one attached hydrogen (secondary N) is 2. The van der Waals surface area contributed by atoms with Gasteiger partial charge >= 0.3 is 6.03 Å². The quantitative estimate of drug-likeness (QED) is 0.690. The number of benzene rings is 1. The SMILES string of the molecule is CCS(=O)(=O)c1ccc(NC(=O)CN2C(=O)N[C@]3(C[C@@H](C)CC(C)(C)C3)C2=O)cc1. The van der Waals surface area contributed by atoms with Gasteiger partial charge in [0.05, 0.1) is 10.6 Å². The minimum atomic E-state index is -3.33. The Labute approximate surface area is 177 Å². The van der Waals surface area contributed by atoms with Gasteiger partial charge in [-0.25, -0.2) is 13.2 Å². The molecule has 30 heavy (non-hydrogen) atoms. The normalized spacial score (nSPS) is 26.0. The van der Waals surface area contributed by atoms with Gasteiger partial charge in [0.25, 0.3) is 5.91 Å². The van der Waals surface area contributed by atoms with Crippen molar-refractivity contribution in [2.24, 2.45) is 11.3 Å². The van der Waals surface area contributed by atoms with Crippen LogP contribution in [0.4, 0.5) is 10.5 Å². The first-order valence-corrected chi connectivity index (χ1v) is 11.8. The molecular weight excluding hydrogens is 406 g/mol. The van der Waals surface area contributed by atoms with Gasteiger partial charge in [0, 0.05) is 5.69 Å². The summed E-state index contributed by atoms with van der Waals surface area (Å²) in [7, 11) is -3.33. The molecule has 1 aliphatic heterocycles. The third-order valence-corrected chi connectivity index (χ3v) is 7.55. The lowest BCUT2D eigenvalue weighted by Gasteiger charge is -2.43. The van der Waals surface area contributed by atoms with Crippen LogP contribution in [-0.2, 0) is 19.4 Å². The van der Waals surface area contributed by atoms with Gasteiger partial charge < -0.3 is 10.6 Å². The maximum Gasteiger partial charge on any atom is 0.325 e. The van der Waals surface area contributed by atoms with Crippen LogP contribution < -0.4 is 10.6 Å². The smallest absolute Gasteiger partial charge is 0.325 e. The van der Waals surface area contributed by atoms with Crippen molar-refractivity contribution in [3.05, 3.63) is 24.3 Å². The van der Waals surface area contributed by atoms with Crippen LogP contribution in [0.1, 0.15) is 47.0 Å². The Balaban J connectivity index is 1.68. The Kier molecular flexibility index (Phi) is 5.70. The monoisotopic (exact) mass is 435 g/mol. The molecule has 8 nitrogen and oxygen atoms in total. The molecule has 0 unspecified atom stereocenters. The van der Waals surface area contributed by atoms with E-state index in [9.17, 15) is 22.8 Å². The third kappa shape index (κ3) is 4.35. The lowest BCUT2D eigenvalue weighted by molar-refractivity contribution is -0.136. The van der Waals surface area contributed by atoms with Crippen LogP contribution in [0.2, 0.25) is 0 Å². The predicted molar refractivity (Wildman–Crippen MR) is 113 cm³/mol. The number of hydrogen-bond acceptors (Lipinski definition) is 5. The summed E-state index contributed by atoms with van der Waals surface area (Å²) in [6.07, 6.45) is 2.08. The number of hydrogen-bond donors (Lipinski definition) is 2. The number of carbonyl (C=O) groups excluding carboxylic acids is 3. The topological polar surface area (TPSA) is 113 Å². The van der Waals surface area contributed by atoms with Crippen LogP contribution in [0.5, 0.6) is 0 Å². The molecule has 1 saturated carbocycles. The lowest BCUT2D eigenvalue weighted by atomic mass is 9.64. The molecule has 2 aliphatic rings. The van der Waals surface area contributed by atoms with E-state index in [2.05, 4.69) is 31.4 Å². The van der Waals surface area contributed by atoms with E-state index in [1.54, 1.807) is 6.92 Å². The van der Waals surface area contributed by atoms with Crippen molar-refractivity contribution < 1.29 is 22.8 Å². The van der Waals surface area contributed by atoms with Crippen LogP contribution in [0.15, 0.2) is 29.2 Å². The number of urea groups is 1. The van der Waals surface area contributed by atoms with E-state index in [0.717, 1.165) is 11.3 Å². The van der Waals surface area contributed by atoms with E-state index in [4.69, 9.17) is 0 Å². The van der Waals surface area contributed by atoms with E-state index in [0.29, 0.717) is 18.5 Å². The third-order valence-electron chi connectivity index (χ3n) is 5.80. The highest BCUT2D eigenvalue weighted by Gasteiger charge is 2.56. The minimum absolute atomic E-state index is 0.0118. The largest absolute Gasteiger partial charge is 0.325 e. The second-order valence-electron chi connectivity index (χ2n) is 9.23. The second-order valence-corrected chi connectivity index (χ2v) is 11.5. The Morgan fingerprint density at radius 3 is 2.40 bits per heavy atom. The molecular formula is C21H29N3O5S. The number of anilines is 1. The molecule has 2 fully saturated rings. The van der Waals surface area contributed by atoms with Gasteiger partial charge in [0.15, 0.2) is 9.84 Å². The average molecular weight is 436 g/mol. The zero-order valence-electron chi connectivity index (χ0n) is 17.8. The molecule has 0 radical (unpaired) electrons. The van der Waals surface area contributed by atoms with Crippen molar-refractivity contribution in [2.75, 3.05) is 17.6 Å². The van der Waals surface area contributed by atoms with Gasteiger partial charge in [-0.05, 0) is 54.9 Å². The van der Waals surface area contributed by atoms with Crippen LogP contribution in [0.25, 0.3) is 0 Å². The number of sulfone groups is 1. The highest BCUT2D eigenvalue weighted by molar-refractivity contribution is 7.91. The van der Waals surface area contributed by atoms with Crippen LogP contribution in [-0.4, -0.2) is 49.0 Å². The zero-order chi connectivity index (χ0) is 22.3. The summed E-state index contributed by atoms with van der Waals surface area (Å²) in [5.74, 6) is -0.608. The van der Waals surface area contributed by atoms with Crippen molar-refractivity contribution in [3.63, 3.8) is 0 Å². The van der Waals surface area contributed by atoms with Gasteiger partial charge in [-0.1, -0.05) is 27.7 Å². The van der Waals surface area contributed by atoms with E-state index in [1.165, 1.54) is 24.3 Å². The Hall–Kier alpha value is -2.42. The van der Waals surface area contributed by atoms with Gasteiger partial charge in [0.2, 0.25) is 5.91 Å². The molecule has 1 spiro atoms. The maximum absolute atomic E-state index is 13.1. The van der Waals surface area contributed by atoms with Crippen molar-refractivity contribution in [1.29, 1.82) is 0 Å². The lowest BCUT2D eigenvalue weighted by Crippen LogP contribution is -2.54. The molecule has 4 amide bonds. The van der Waals surface area contributed by atoms with E-state index in [-0.39, 0.29) is 27.9 Å². The van der Waals surface area contributed by atoms with Gasteiger partial charge in [-0.15, -0.1) is 0 Å². The zero-order valence-corrected chi connectivity index (χ0v) is 18.6. The van der Waals surface area contributed by atoms with Gasteiger partial charge in [-0.3, -0.25) is 14.5 Å². The van der Waals surface area contributed by atoms with Crippen LogP contribution >= 0.6 is 0 Å². The molecule has 1 aromatic rings. The molecule has 0 bridgehead atoms. The molecule has 0 aromatic heterocycles. The molecule has 1 saturated heterocycles. The molecule has 9 heteroatoms. The fourth-order valence-corrected chi connectivity index (χ4v) is 5.79. The van der Waals surface area contributed by atoms with Crippen LogP contribution in [0, 0.1) is 11.3 Å². The molecule has 2 atom stereocenters. The Morgan fingerprint density at radius 2 is 1.83 bits per heavy atom. The first-order valence-electron chi connectivity index (χ1n) is 10.1. The summed E-state index contributed by atoms with van der Waals surface area (Å²) >= 11 is 0. The minimum Gasteiger partial charge on any atom is -0.325 e. The number of nitrogens with zero attached hydrogens (tertiary/aromatic N) is 1. The van der Waals surface area contributed by atoms with Crippen molar-refractivity contribution in [1.82, 2.24) is 10.2 Å². The van der Waals surface area contributed by atoms with Gasteiger partial charge in [-0.2, -0.15) is 0 Å².